The summed E-state index contributed by atoms with van der Waals surface area (Å²) < 4.78 is 5.33. The van der Waals surface area contributed by atoms with Crippen molar-refractivity contribution in [2.45, 2.75) is 26.7 Å². The first-order chi connectivity index (χ1) is 9.08. The third-order valence-electron chi connectivity index (χ3n) is 3.83. The number of rotatable bonds is 3. The summed E-state index contributed by atoms with van der Waals surface area (Å²) in [6.45, 7) is 4.12. The molecule has 0 spiro atoms. The van der Waals surface area contributed by atoms with Crippen LogP contribution in [0.5, 0.6) is 0 Å². The van der Waals surface area contributed by atoms with E-state index in [9.17, 15) is 4.79 Å². The molecule has 1 aliphatic rings. The largest absolute Gasteiger partial charge is 0.430 e. The van der Waals surface area contributed by atoms with Gasteiger partial charge in [-0.05, 0) is 17.9 Å². The van der Waals surface area contributed by atoms with E-state index in [0.29, 0.717) is 18.6 Å². The topological polar surface area (TPSA) is 26.3 Å². The Bertz CT molecular complexity index is 534. The smallest absolute Gasteiger partial charge is 0.318 e. The van der Waals surface area contributed by atoms with Crippen molar-refractivity contribution in [3.63, 3.8) is 0 Å². The second-order valence-corrected chi connectivity index (χ2v) is 5.32. The van der Waals surface area contributed by atoms with Crippen LogP contribution in [0.3, 0.4) is 0 Å². The number of hydrogen-bond donors (Lipinski definition) is 0. The SMILES string of the molecule is C#CC=C1CC(Cc2ccccc2)(C(C)C)C(=O)O1. The summed E-state index contributed by atoms with van der Waals surface area (Å²) in [5, 5.41) is 0. The minimum Gasteiger partial charge on any atom is -0.430 e. The van der Waals surface area contributed by atoms with E-state index in [1.807, 2.05) is 30.3 Å². The van der Waals surface area contributed by atoms with Gasteiger partial charge in [0, 0.05) is 12.5 Å². The lowest BCUT2D eigenvalue weighted by molar-refractivity contribution is -0.146. The average Bonchev–Trinajstić information content (AvgIpc) is 2.69. The summed E-state index contributed by atoms with van der Waals surface area (Å²) in [6, 6.07) is 10.0. The van der Waals surface area contributed by atoms with Crippen molar-refractivity contribution in [3.8, 4) is 12.3 Å². The third-order valence-corrected chi connectivity index (χ3v) is 3.83. The normalized spacial score (nSPS) is 24.5. The summed E-state index contributed by atoms with van der Waals surface area (Å²) in [7, 11) is 0. The van der Waals surface area contributed by atoms with Gasteiger partial charge in [0.15, 0.2) is 0 Å². The first kappa shape index (κ1) is 13.4. The molecule has 1 aliphatic heterocycles. The molecule has 1 unspecified atom stereocenters. The van der Waals surface area contributed by atoms with Crippen molar-refractivity contribution in [2.75, 3.05) is 0 Å². The summed E-state index contributed by atoms with van der Waals surface area (Å²) in [5.41, 5.74) is 0.652. The van der Waals surface area contributed by atoms with Gasteiger partial charge in [0.2, 0.25) is 0 Å². The quantitative estimate of drug-likeness (QED) is 0.611. The highest BCUT2D eigenvalue weighted by molar-refractivity contribution is 5.81. The molecule has 0 saturated carbocycles. The van der Waals surface area contributed by atoms with Gasteiger partial charge < -0.3 is 4.74 Å². The summed E-state index contributed by atoms with van der Waals surface area (Å²) in [5.74, 6) is 3.08. The number of benzene rings is 1. The van der Waals surface area contributed by atoms with Gasteiger partial charge in [0.1, 0.15) is 5.76 Å². The van der Waals surface area contributed by atoms with Gasteiger partial charge in [-0.3, -0.25) is 4.79 Å². The van der Waals surface area contributed by atoms with Crippen LogP contribution in [0.15, 0.2) is 42.2 Å². The number of cyclic esters (lactones) is 1. The fraction of sp³-hybridized carbons (Fsp3) is 0.353. The minimum absolute atomic E-state index is 0.159. The van der Waals surface area contributed by atoms with Gasteiger partial charge in [0.05, 0.1) is 5.41 Å². The Morgan fingerprint density at radius 1 is 1.42 bits per heavy atom. The van der Waals surface area contributed by atoms with Crippen LogP contribution in [0.1, 0.15) is 25.8 Å². The second-order valence-electron chi connectivity index (χ2n) is 5.32. The lowest BCUT2D eigenvalue weighted by Crippen LogP contribution is -2.34. The summed E-state index contributed by atoms with van der Waals surface area (Å²) in [4.78, 5) is 12.3. The van der Waals surface area contributed by atoms with Crippen LogP contribution >= 0.6 is 0 Å². The van der Waals surface area contributed by atoms with Crippen LogP contribution in [-0.2, 0) is 16.0 Å². The van der Waals surface area contributed by atoms with Gasteiger partial charge in [-0.25, -0.2) is 0 Å². The maximum absolute atomic E-state index is 12.3. The molecule has 1 heterocycles. The molecule has 2 heteroatoms. The Morgan fingerprint density at radius 2 is 2.11 bits per heavy atom. The highest BCUT2D eigenvalue weighted by Gasteiger charge is 2.49. The van der Waals surface area contributed by atoms with Crippen molar-refractivity contribution in [1.29, 1.82) is 0 Å². The third kappa shape index (κ3) is 2.56. The first-order valence-electron chi connectivity index (χ1n) is 6.50. The highest BCUT2D eigenvalue weighted by Crippen LogP contribution is 2.45. The number of ether oxygens (including phenoxy) is 1. The Labute approximate surface area is 114 Å². The lowest BCUT2D eigenvalue weighted by Gasteiger charge is -2.28. The lowest BCUT2D eigenvalue weighted by atomic mass is 9.71. The Hall–Kier alpha value is -2.01. The molecule has 0 aliphatic carbocycles. The number of allylic oxidation sites excluding steroid dienone is 2. The van der Waals surface area contributed by atoms with Crippen LogP contribution in [0.2, 0.25) is 0 Å². The van der Waals surface area contributed by atoms with Gasteiger partial charge in [0.25, 0.3) is 0 Å². The van der Waals surface area contributed by atoms with E-state index in [1.165, 1.54) is 0 Å². The molecular formula is C17H18O2. The number of carbonyl (C=O) groups is 1. The molecule has 0 N–H and O–H groups in total. The number of terminal acetylenes is 1. The molecule has 1 aromatic rings. The Balaban J connectivity index is 2.32. The zero-order valence-corrected chi connectivity index (χ0v) is 11.3. The van der Waals surface area contributed by atoms with E-state index in [2.05, 4.69) is 19.8 Å². The van der Waals surface area contributed by atoms with E-state index >= 15 is 0 Å². The first-order valence-corrected chi connectivity index (χ1v) is 6.50. The standard InChI is InChI=1S/C17H18O2/c1-4-8-15-12-17(13(2)3,16(18)19-15)11-14-9-6-5-7-10-14/h1,5-10,13H,11-12H2,2-3H3. The molecule has 2 rings (SSSR count). The molecule has 0 amide bonds. The van der Waals surface area contributed by atoms with Crippen molar-refractivity contribution < 1.29 is 9.53 Å². The minimum atomic E-state index is -0.496. The maximum Gasteiger partial charge on any atom is 0.318 e. The van der Waals surface area contributed by atoms with Crippen LogP contribution < -0.4 is 0 Å². The van der Waals surface area contributed by atoms with Crippen LogP contribution in [0.4, 0.5) is 0 Å². The molecule has 1 saturated heterocycles. The molecule has 1 atom stereocenters. The number of carbonyl (C=O) groups excluding carboxylic acids is 1. The maximum atomic E-state index is 12.3. The van der Waals surface area contributed by atoms with Crippen molar-refractivity contribution in [1.82, 2.24) is 0 Å². The van der Waals surface area contributed by atoms with E-state index in [1.54, 1.807) is 6.08 Å². The van der Waals surface area contributed by atoms with Crippen LogP contribution in [-0.4, -0.2) is 5.97 Å². The van der Waals surface area contributed by atoms with E-state index in [0.717, 1.165) is 5.56 Å². The molecule has 1 aromatic carbocycles. The predicted molar refractivity (Wildman–Crippen MR) is 75.0 cm³/mol. The fourth-order valence-corrected chi connectivity index (χ4v) is 2.55. The van der Waals surface area contributed by atoms with Crippen molar-refractivity contribution in [2.24, 2.45) is 11.3 Å². The molecule has 98 valence electrons. The average molecular weight is 254 g/mol. The van der Waals surface area contributed by atoms with E-state index in [-0.39, 0.29) is 11.9 Å². The number of esters is 1. The molecule has 2 nitrogen and oxygen atoms in total. The van der Waals surface area contributed by atoms with Crippen molar-refractivity contribution >= 4 is 5.97 Å². The zero-order valence-electron chi connectivity index (χ0n) is 11.3. The van der Waals surface area contributed by atoms with E-state index in [4.69, 9.17) is 11.2 Å². The molecule has 0 radical (unpaired) electrons. The monoisotopic (exact) mass is 254 g/mol. The second kappa shape index (κ2) is 5.32. The molecule has 0 bridgehead atoms. The fourth-order valence-electron chi connectivity index (χ4n) is 2.55. The van der Waals surface area contributed by atoms with E-state index < -0.39 is 5.41 Å². The zero-order chi connectivity index (χ0) is 13.9. The van der Waals surface area contributed by atoms with Gasteiger partial charge in [-0.1, -0.05) is 50.1 Å². The van der Waals surface area contributed by atoms with Gasteiger partial charge >= 0.3 is 5.97 Å². The van der Waals surface area contributed by atoms with Crippen molar-refractivity contribution in [3.05, 3.63) is 47.7 Å². The van der Waals surface area contributed by atoms with Crippen LogP contribution in [0.25, 0.3) is 0 Å². The van der Waals surface area contributed by atoms with Gasteiger partial charge in [-0.15, -0.1) is 6.42 Å². The number of hydrogen-bond acceptors (Lipinski definition) is 2. The molecule has 19 heavy (non-hydrogen) atoms. The predicted octanol–water partition coefficient (Wildman–Crippen LogP) is 3.34. The summed E-state index contributed by atoms with van der Waals surface area (Å²) in [6.07, 6.45) is 8.07. The highest BCUT2D eigenvalue weighted by atomic mass is 16.5. The van der Waals surface area contributed by atoms with Gasteiger partial charge in [-0.2, -0.15) is 0 Å². The van der Waals surface area contributed by atoms with Crippen LogP contribution in [0, 0.1) is 23.7 Å². The Kier molecular flexibility index (Phi) is 3.76. The molecular weight excluding hydrogens is 236 g/mol. The summed E-state index contributed by atoms with van der Waals surface area (Å²) >= 11 is 0. The molecule has 1 fully saturated rings. The molecule has 0 aromatic heterocycles. The Morgan fingerprint density at radius 3 is 2.68 bits per heavy atom.